The second-order valence-electron chi connectivity index (χ2n) is 3.82. The van der Waals surface area contributed by atoms with Crippen LogP contribution < -0.4 is 0 Å². The van der Waals surface area contributed by atoms with Crippen LogP contribution in [-0.2, 0) is 4.74 Å². The molecule has 88 valence electrons. The Balaban J connectivity index is 2.68. The predicted octanol–water partition coefficient (Wildman–Crippen LogP) is 2.40. The number of ether oxygens (including phenoxy) is 1. The van der Waals surface area contributed by atoms with Gasteiger partial charge in [0.05, 0.1) is 7.11 Å². The lowest BCUT2D eigenvalue weighted by atomic mass is 10.2. The lowest BCUT2D eigenvalue weighted by Crippen LogP contribution is -2.08. The Kier molecular flexibility index (Phi) is 4.73. The Labute approximate surface area is 99.8 Å². The number of rotatable bonds is 4. The van der Waals surface area contributed by atoms with Gasteiger partial charge in [0.25, 0.3) is 0 Å². The molecule has 0 aliphatic rings. The topological polar surface area (TPSA) is 52.1 Å². The van der Waals surface area contributed by atoms with Crippen molar-refractivity contribution in [3.63, 3.8) is 0 Å². The number of nitrogens with zero attached hydrogens (tertiary/aromatic N) is 2. The first-order valence-corrected chi connectivity index (χ1v) is 6.01. The van der Waals surface area contributed by atoms with Gasteiger partial charge in [0.15, 0.2) is 5.69 Å². The minimum absolute atomic E-state index is 0.240. The minimum atomic E-state index is -0.457. The largest absolute Gasteiger partial charge is 0.464 e. The van der Waals surface area contributed by atoms with E-state index in [1.54, 1.807) is 23.9 Å². The normalized spacial score (nSPS) is 12.6. The van der Waals surface area contributed by atoms with E-state index in [2.05, 4.69) is 35.7 Å². The van der Waals surface area contributed by atoms with E-state index in [-0.39, 0.29) is 5.69 Å². The van der Waals surface area contributed by atoms with Gasteiger partial charge in [-0.05, 0) is 18.1 Å². The Morgan fingerprint density at radius 2 is 2.00 bits per heavy atom. The summed E-state index contributed by atoms with van der Waals surface area (Å²) in [5.41, 5.74) is 0.240. The third-order valence-corrected chi connectivity index (χ3v) is 3.66. The number of hydrogen-bond donors (Lipinski definition) is 0. The van der Waals surface area contributed by atoms with E-state index in [0.717, 1.165) is 5.03 Å². The van der Waals surface area contributed by atoms with Gasteiger partial charge < -0.3 is 4.74 Å². The van der Waals surface area contributed by atoms with Crippen molar-refractivity contribution in [2.24, 2.45) is 5.92 Å². The third-order valence-electron chi connectivity index (χ3n) is 2.28. The summed E-state index contributed by atoms with van der Waals surface area (Å²) in [7, 11) is 1.33. The molecule has 0 amide bonds. The number of thioether (sulfide) groups is 1. The molecule has 16 heavy (non-hydrogen) atoms. The maximum atomic E-state index is 11.1. The fraction of sp³-hybridized carbons (Fsp3) is 0.545. The zero-order valence-electron chi connectivity index (χ0n) is 9.93. The first kappa shape index (κ1) is 13.0. The molecule has 1 heterocycles. The molecule has 1 aromatic rings. The summed E-state index contributed by atoms with van der Waals surface area (Å²) in [6.07, 6.45) is 0. The second kappa shape index (κ2) is 5.84. The van der Waals surface area contributed by atoms with Gasteiger partial charge in [0.2, 0.25) is 0 Å². The summed E-state index contributed by atoms with van der Waals surface area (Å²) >= 11 is 1.65. The molecule has 0 unspecified atom stereocenters. The number of carbonyl (C=O) groups is 1. The molecule has 0 aliphatic carbocycles. The standard InChI is InChI=1S/C11H16N2O2S/c1-7(2)8(3)16-10-6-5-9(12-13-10)11(14)15-4/h5-8H,1-4H3/t8-/m1/s1. The molecule has 0 aromatic carbocycles. The molecule has 0 saturated carbocycles. The Bertz CT molecular complexity index is 352. The van der Waals surface area contributed by atoms with Gasteiger partial charge in [-0.15, -0.1) is 22.0 Å². The van der Waals surface area contributed by atoms with Crippen LogP contribution in [0.2, 0.25) is 0 Å². The van der Waals surface area contributed by atoms with Crippen molar-refractivity contribution in [1.29, 1.82) is 0 Å². The van der Waals surface area contributed by atoms with Gasteiger partial charge >= 0.3 is 5.97 Å². The van der Waals surface area contributed by atoms with Crippen LogP contribution in [0.4, 0.5) is 0 Å². The highest BCUT2D eigenvalue weighted by atomic mass is 32.2. The highest BCUT2D eigenvalue weighted by Gasteiger charge is 2.12. The molecule has 0 N–H and O–H groups in total. The number of methoxy groups -OCH3 is 1. The fourth-order valence-electron chi connectivity index (χ4n) is 0.923. The minimum Gasteiger partial charge on any atom is -0.464 e. The van der Waals surface area contributed by atoms with Gasteiger partial charge in [-0.25, -0.2) is 4.79 Å². The van der Waals surface area contributed by atoms with Crippen molar-refractivity contribution in [3.8, 4) is 0 Å². The molecule has 1 rings (SSSR count). The zero-order chi connectivity index (χ0) is 12.1. The quantitative estimate of drug-likeness (QED) is 0.597. The predicted molar refractivity (Wildman–Crippen MR) is 63.5 cm³/mol. The monoisotopic (exact) mass is 240 g/mol. The molecule has 4 nitrogen and oxygen atoms in total. The molecule has 0 bridgehead atoms. The summed E-state index contributed by atoms with van der Waals surface area (Å²) < 4.78 is 4.55. The van der Waals surface area contributed by atoms with Gasteiger partial charge in [0, 0.05) is 5.25 Å². The molecule has 5 heteroatoms. The summed E-state index contributed by atoms with van der Waals surface area (Å²) in [5, 5.41) is 9.10. The van der Waals surface area contributed by atoms with Crippen molar-refractivity contribution >= 4 is 17.7 Å². The van der Waals surface area contributed by atoms with Crippen LogP contribution in [0.3, 0.4) is 0 Å². The smallest absolute Gasteiger partial charge is 0.358 e. The molecular weight excluding hydrogens is 224 g/mol. The van der Waals surface area contributed by atoms with Gasteiger partial charge in [-0.3, -0.25) is 0 Å². The van der Waals surface area contributed by atoms with Gasteiger partial charge in [-0.2, -0.15) is 0 Å². The van der Waals surface area contributed by atoms with Crippen LogP contribution in [0, 0.1) is 5.92 Å². The van der Waals surface area contributed by atoms with Crippen molar-refractivity contribution in [2.45, 2.75) is 31.0 Å². The van der Waals surface area contributed by atoms with Crippen molar-refractivity contribution in [2.75, 3.05) is 7.11 Å². The lowest BCUT2D eigenvalue weighted by Gasteiger charge is -2.13. The molecular formula is C11H16N2O2S. The zero-order valence-corrected chi connectivity index (χ0v) is 10.7. The van der Waals surface area contributed by atoms with Crippen LogP contribution in [0.5, 0.6) is 0 Å². The molecule has 0 aliphatic heterocycles. The Hall–Kier alpha value is -1.10. The molecule has 1 aromatic heterocycles. The van der Waals surface area contributed by atoms with E-state index in [1.807, 2.05) is 0 Å². The Morgan fingerprint density at radius 1 is 1.31 bits per heavy atom. The van der Waals surface area contributed by atoms with Crippen LogP contribution in [0.1, 0.15) is 31.3 Å². The summed E-state index contributed by atoms with van der Waals surface area (Å²) in [4.78, 5) is 11.1. The first-order chi connectivity index (χ1) is 7.54. The van der Waals surface area contributed by atoms with Crippen LogP contribution in [0.25, 0.3) is 0 Å². The van der Waals surface area contributed by atoms with E-state index in [1.165, 1.54) is 7.11 Å². The highest BCUT2D eigenvalue weighted by molar-refractivity contribution is 7.99. The van der Waals surface area contributed by atoms with E-state index < -0.39 is 5.97 Å². The summed E-state index contributed by atoms with van der Waals surface area (Å²) in [6, 6.07) is 3.43. The van der Waals surface area contributed by atoms with Crippen LogP contribution in [-0.4, -0.2) is 28.5 Å². The fourth-order valence-corrected chi connectivity index (χ4v) is 1.81. The van der Waals surface area contributed by atoms with E-state index in [4.69, 9.17) is 0 Å². The molecule has 0 radical (unpaired) electrons. The second-order valence-corrected chi connectivity index (χ2v) is 5.21. The lowest BCUT2D eigenvalue weighted by molar-refractivity contribution is 0.0592. The molecule has 0 fully saturated rings. The van der Waals surface area contributed by atoms with Gasteiger partial charge in [-0.1, -0.05) is 20.8 Å². The number of hydrogen-bond acceptors (Lipinski definition) is 5. The van der Waals surface area contributed by atoms with E-state index >= 15 is 0 Å². The highest BCUT2D eigenvalue weighted by Crippen LogP contribution is 2.25. The van der Waals surface area contributed by atoms with Gasteiger partial charge in [0.1, 0.15) is 5.03 Å². The van der Waals surface area contributed by atoms with E-state index in [0.29, 0.717) is 11.2 Å². The van der Waals surface area contributed by atoms with Crippen molar-refractivity contribution < 1.29 is 9.53 Å². The SMILES string of the molecule is COC(=O)c1ccc(S[C@H](C)C(C)C)nn1. The van der Waals surface area contributed by atoms with Crippen LogP contribution in [0.15, 0.2) is 17.2 Å². The maximum absolute atomic E-state index is 11.1. The molecule has 1 atom stereocenters. The average molecular weight is 240 g/mol. The molecule has 0 saturated heterocycles. The number of aromatic nitrogens is 2. The first-order valence-electron chi connectivity index (χ1n) is 5.13. The molecule has 0 spiro atoms. The average Bonchev–Trinajstić information content (AvgIpc) is 2.28. The maximum Gasteiger partial charge on any atom is 0.358 e. The van der Waals surface area contributed by atoms with E-state index in [9.17, 15) is 4.79 Å². The number of carbonyl (C=O) groups excluding carboxylic acids is 1. The van der Waals surface area contributed by atoms with Crippen molar-refractivity contribution in [1.82, 2.24) is 10.2 Å². The summed E-state index contributed by atoms with van der Waals surface area (Å²) in [6.45, 7) is 6.47. The number of esters is 1. The van der Waals surface area contributed by atoms with Crippen LogP contribution >= 0.6 is 11.8 Å². The summed E-state index contributed by atoms with van der Waals surface area (Å²) in [5.74, 6) is 0.119. The van der Waals surface area contributed by atoms with Crippen molar-refractivity contribution in [3.05, 3.63) is 17.8 Å². The Morgan fingerprint density at radius 3 is 2.44 bits per heavy atom. The third kappa shape index (κ3) is 3.48.